The first-order valence-corrected chi connectivity index (χ1v) is 12.9. The van der Waals surface area contributed by atoms with E-state index in [1.54, 1.807) is 6.07 Å². The summed E-state index contributed by atoms with van der Waals surface area (Å²) in [5.74, 6) is 0.303. The number of nitrogens with two attached hydrogens (primary N) is 1. The molecule has 1 aliphatic heterocycles. The van der Waals surface area contributed by atoms with Crippen LogP contribution in [0.2, 0.25) is 0 Å². The molecule has 2 heterocycles. The molecule has 0 saturated heterocycles. The summed E-state index contributed by atoms with van der Waals surface area (Å²) in [4.78, 5) is 19.6. The van der Waals surface area contributed by atoms with Gasteiger partial charge in [0, 0.05) is 18.3 Å². The van der Waals surface area contributed by atoms with Crippen molar-refractivity contribution >= 4 is 44.4 Å². The fourth-order valence-electron chi connectivity index (χ4n) is 4.05. The average Bonchev–Trinajstić information content (AvgIpc) is 3.25. The zero-order valence-electron chi connectivity index (χ0n) is 17.6. The minimum atomic E-state index is -3.80. The molecule has 1 unspecified atom stereocenters. The van der Waals surface area contributed by atoms with Crippen molar-refractivity contribution in [1.82, 2.24) is 9.55 Å². The number of para-hydroxylation sites is 1. The molecule has 164 valence electrons. The van der Waals surface area contributed by atoms with Crippen LogP contribution < -0.4 is 10.0 Å². The van der Waals surface area contributed by atoms with E-state index < -0.39 is 10.0 Å². The van der Waals surface area contributed by atoms with Gasteiger partial charge in [-0.15, -0.1) is 0 Å². The number of primary sulfonamides is 1. The van der Waals surface area contributed by atoms with Gasteiger partial charge in [0.05, 0.1) is 21.7 Å². The van der Waals surface area contributed by atoms with Crippen LogP contribution in [0.15, 0.2) is 52.5 Å². The number of amides is 1. The number of hydrogen-bond donors (Lipinski definition) is 1. The van der Waals surface area contributed by atoms with Crippen molar-refractivity contribution in [3.63, 3.8) is 0 Å². The molecular weight excluding hydrogens is 432 g/mol. The molecule has 3 aromatic rings. The lowest BCUT2D eigenvalue weighted by Gasteiger charge is -2.22. The summed E-state index contributed by atoms with van der Waals surface area (Å²) in [6.45, 7) is 4.93. The summed E-state index contributed by atoms with van der Waals surface area (Å²) in [6.07, 6.45) is 2.83. The first-order chi connectivity index (χ1) is 14.8. The fourth-order valence-corrected chi connectivity index (χ4v) is 5.48. The molecule has 7 nitrogen and oxygen atoms in total. The molecule has 1 aromatic heterocycles. The van der Waals surface area contributed by atoms with E-state index in [0.29, 0.717) is 10.7 Å². The second-order valence-corrected chi connectivity index (χ2v) is 10.3. The highest BCUT2D eigenvalue weighted by molar-refractivity contribution is 7.99. The SMILES string of the molecule is CCCCn1c(SCC(=O)N2c3ccccc3CC2C)nc2cc(S(N)(=O)=O)ccc21. The van der Waals surface area contributed by atoms with Crippen LogP contribution in [0.3, 0.4) is 0 Å². The lowest BCUT2D eigenvalue weighted by atomic mass is 10.1. The molecule has 31 heavy (non-hydrogen) atoms. The average molecular weight is 459 g/mol. The van der Waals surface area contributed by atoms with Gasteiger partial charge in [-0.05, 0) is 49.6 Å². The molecule has 4 rings (SSSR count). The van der Waals surface area contributed by atoms with Crippen LogP contribution in [0.25, 0.3) is 11.0 Å². The monoisotopic (exact) mass is 458 g/mol. The van der Waals surface area contributed by atoms with Crippen molar-refractivity contribution < 1.29 is 13.2 Å². The van der Waals surface area contributed by atoms with Crippen molar-refractivity contribution in [3.8, 4) is 0 Å². The molecule has 1 amide bonds. The molecule has 0 spiro atoms. The summed E-state index contributed by atoms with van der Waals surface area (Å²) < 4.78 is 25.5. The maximum atomic E-state index is 13.1. The van der Waals surface area contributed by atoms with E-state index in [2.05, 4.69) is 29.5 Å². The maximum Gasteiger partial charge on any atom is 0.238 e. The lowest BCUT2D eigenvalue weighted by molar-refractivity contribution is -0.116. The summed E-state index contributed by atoms with van der Waals surface area (Å²) in [5, 5.41) is 5.99. The van der Waals surface area contributed by atoms with Crippen LogP contribution in [-0.4, -0.2) is 35.7 Å². The number of aromatic nitrogens is 2. The summed E-state index contributed by atoms with van der Waals surface area (Å²) in [6, 6.07) is 12.9. The Kier molecular flexibility index (Phi) is 6.09. The molecule has 0 bridgehead atoms. The molecule has 0 fully saturated rings. The molecule has 0 saturated carbocycles. The maximum absolute atomic E-state index is 13.1. The van der Waals surface area contributed by atoms with Gasteiger partial charge in [0.25, 0.3) is 0 Å². The minimum Gasteiger partial charge on any atom is -0.319 e. The Morgan fingerprint density at radius 2 is 2.03 bits per heavy atom. The van der Waals surface area contributed by atoms with Crippen LogP contribution in [0.5, 0.6) is 0 Å². The Morgan fingerprint density at radius 1 is 1.26 bits per heavy atom. The molecule has 2 aromatic carbocycles. The summed E-state index contributed by atoms with van der Waals surface area (Å²) in [7, 11) is -3.80. The number of fused-ring (bicyclic) bond motifs is 2. The van der Waals surface area contributed by atoms with Gasteiger partial charge in [0.2, 0.25) is 15.9 Å². The van der Waals surface area contributed by atoms with Gasteiger partial charge in [-0.25, -0.2) is 18.5 Å². The van der Waals surface area contributed by atoms with Crippen molar-refractivity contribution in [2.24, 2.45) is 5.14 Å². The van der Waals surface area contributed by atoms with E-state index >= 15 is 0 Å². The van der Waals surface area contributed by atoms with Crippen LogP contribution in [-0.2, 0) is 27.8 Å². The van der Waals surface area contributed by atoms with E-state index in [0.717, 1.165) is 37.0 Å². The van der Waals surface area contributed by atoms with E-state index in [1.165, 1.54) is 29.5 Å². The summed E-state index contributed by atoms with van der Waals surface area (Å²) in [5.41, 5.74) is 3.59. The fraction of sp³-hybridized carbons (Fsp3) is 0.364. The number of carbonyl (C=O) groups is 1. The number of nitrogens with zero attached hydrogens (tertiary/aromatic N) is 3. The number of benzene rings is 2. The third kappa shape index (κ3) is 4.35. The highest BCUT2D eigenvalue weighted by Crippen LogP contribution is 2.33. The Bertz CT molecular complexity index is 1240. The van der Waals surface area contributed by atoms with Crippen molar-refractivity contribution in [1.29, 1.82) is 0 Å². The molecule has 0 aliphatic carbocycles. The van der Waals surface area contributed by atoms with Gasteiger partial charge in [-0.2, -0.15) is 0 Å². The number of hydrogen-bond acceptors (Lipinski definition) is 5. The van der Waals surface area contributed by atoms with E-state index in [4.69, 9.17) is 5.14 Å². The highest BCUT2D eigenvalue weighted by atomic mass is 32.2. The molecule has 1 atom stereocenters. The van der Waals surface area contributed by atoms with Crippen molar-refractivity contribution in [2.45, 2.75) is 55.7 Å². The van der Waals surface area contributed by atoms with Crippen LogP contribution >= 0.6 is 11.8 Å². The van der Waals surface area contributed by atoms with Crippen molar-refractivity contribution in [2.75, 3.05) is 10.7 Å². The quantitative estimate of drug-likeness (QED) is 0.546. The van der Waals surface area contributed by atoms with Gasteiger partial charge in [0.15, 0.2) is 5.16 Å². The zero-order valence-corrected chi connectivity index (χ0v) is 19.2. The third-order valence-corrected chi connectivity index (χ3v) is 7.42. The van der Waals surface area contributed by atoms with Gasteiger partial charge in [-0.3, -0.25) is 4.79 Å². The predicted octanol–water partition coefficient (Wildman–Crippen LogP) is 3.55. The Labute approximate surface area is 186 Å². The Morgan fingerprint density at radius 3 is 2.77 bits per heavy atom. The Hall–Kier alpha value is -2.36. The third-order valence-electron chi connectivity index (χ3n) is 5.55. The van der Waals surface area contributed by atoms with Crippen LogP contribution in [0.4, 0.5) is 5.69 Å². The van der Waals surface area contributed by atoms with Gasteiger partial charge >= 0.3 is 0 Å². The second kappa shape index (κ2) is 8.64. The number of thioether (sulfide) groups is 1. The first-order valence-electron chi connectivity index (χ1n) is 10.4. The van der Waals surface area contributed by atoms with E-state index in [1.807, 2.05) is 23.1 Å². The normalized spacial score (nSPS) is 16.1. The molecule has 2 N–H and O–H groups in total. The van der Waals surface area contributed by atoms with Crippen LogP contribution in [0.1, 0.15) is 32.3 Å². The smallest absolute Gasteiger partial charge is 0.238 e. The number of sulfonamides is 1. The number of aryl methyl sites for hydroxylation is 1. The largest absolute Gasteiger partial charge is 0.319 e. The predicted molar refractivity (Wildman–Crippen MR) is 124 cm³/mol. The standard InChI is InChI=1S/C22H26N4O3S2/c1-3-4-11-25-20-10-9-17(31(23,28)29)13-18(20)24-22(25)30-14-21(27)26-15(2)12-16-7-5-6-8-19(16)26/h5-10,13,15H,3-4,11-12,14H2,1-2H3,(H2,23,28,29). The van der Waals surface area contributed by atoms with Gasteiger partial charge in [-0.1, -0.05) is 43.3 Å². The molecule has 1 aliphatic rings. The topological polar surface area (TPSA) is 98.3 Å². The number of rotatable bonds is 7. The minimum absolute atomic E-state index is 0.0373. The highest BCUT2D eigenvalue weighted by Gasteiger charge is 2.30. The second-order valence-electron chi connectivity index (χ2n) is 7.83. The Balaban J connectivity index is 1.60. The molecule has 9 heteroatoms. The number of carbonyl (C=O) groups excluding carboxylic acids is 1. The van der Waals surface area contributed by atoms with E-state index in [9.17, 15) is 13.2 Å². The summed E-state index contributed by atoms with van der Waals surface area (Å²) >= 11 is 1.39. The number of unbranched alkanes of at least 4 members (excludes halogenated alkanes) is 1. The van der Waals surface area contributed by atoms with Gasteiger partial charge in [0.1, 0.15) is 0 Å². The van der Waals surface area contributed by atoms with Crippen molar-refractivity contribution in [3.05, 3.63) is 48.0 Å². The number of anilines is 1. The van der Waals surface area contributed by atoms with E-state index in [-0.39, 0.29) is 22.6 Å². The first kappa shape index (κ1) is 21.9. The molecular formula is C22H26N4O3S2. The van der Waals surface area contributed by atoms with Gasteiger partial charge < -0.3 is 9.47 Å². The zero-order chi connectivity index (χ0) is 22.2. The molecule has 0 radical (unpaired) electrons. The number of imidazole rings is 1. The lowest BCUT2D eigenvalue weighted by Crippen LogP contribution is -2.37. The van der Waals surface area contributed by atoms with Crippen LogP contribution in [0, 0.1) is 0 Å².